The van der Waals surface area contributed by atoms with Crippen molar-refractivity contribution in [2.45, 2.75) is 31.6 Å². The van der Waals surface area contributed by atoms with Crippen LogP contribution >= 0.6 is 0 Å². The van der Waals surface area contributed by atoms with Gasteiger partial charge in [-0.3, -0.25) is 4.79 Å². The van der Waals surface area contributed by atoms with Gasteiger partial charge in [0.2, 0.25) is 0 Å². The number of carbonyl (C=O) groups excluding carboxylic acids is 1. The lowest BCUT2D eigenvalue weighted by Crippen LogP contribution is -2.20. The first-order chi connectivity index (χ1) is 14.0. The van der Waals surface area contributed by atoms with Crippen molar-refractivity contribution in [3.05, 3.63) is 101 Å². The van der Waals surface area contributed by atoms with Crippen molar-refractivity contribution < 1.29 is 19.0 Å². The van der Waals surface area contributed by atoms with E-state index in [2.05, 4.69) is 6.58 Å². The maximum atomic E-state index is 13.4. The Kier molecular flexibility index (Phi) is 6.65. The lowest BCUT2D eigenvalue weighted by atomic mass is 9.69. The standard InChI is InChI=1S/C25H25FO3/c1-3-22(29-15-14-27)11-4-17(2)25-23(18-5-8-20(26)9-6-18)12-7-19-16-21(28)10-13-24(19)25/h3-6,8-11,13-14,16,23,25,28H,2,7,12,15H2,1H3/b11-4-,22-3+/t23-,25+/m1/s1. The zero-order valence-corrected chi connectivity index (χ0v) is 16.5. The fraction of sp³-hybridized carbons (Fsp3) is 0.240. The van der Waals surface area contributed by atoms with Gasteiger partial charge in [0, 0.05) is 5.92 Å². The molecule has 0 saturated carbocycles. The van der Waals surface area contributed by atoms with Gasteiger partial charge in [-0.1, -0.05) is 30.9 Å². The van der Waals surface area contributed by atoms with Crippen molar-refractivity contribution in [2.75, 3.05) is 6.61 Å². The van der Waals surface area contributed by atoms with E-state index in [9.17, 15) is 14.3 Å². The topological polar surface area (TPSA) is 46.5 Å². The van der Waals surface area contributed by atoms with E-state index in [1.807, 2.05) is 43.3 Å². The molecule has 0 spiro atoms. The number of allylic oxidation sites excluding steroid dienone is 4. The Morgan fingerprint density at radius 2 is 2.00 bits per heavy atom. The molecular weight excluding hydrogens is 367 g/mol. The number of halogens is 1. The van der Waals surface area contributed by atoms with Crippen LogP contribution in [0.15, 0.2) is 78.6 Å². The second-order valence-corrected chi connectivity index (χ2v) is 7.13. The van der Waals surface area contributed by atoms with Crippen molar-refractivity contribution in [3.63, 3.8) is 0 Å². The first-order valence-electron chi connectivity index (χ1n) is 9.70. The summed E-state index contributed by atoms with van der Waals surface area (Å²) in [7, 11) is 0. The van der Waals surface area contributed by atoms with Crippen molar-refractivity contribution in [2.24, 2.45) is 0 Å². The molecule has 2 atom stereocenters. The van der Waals surface area contributed by atoms with Gasteiger partial charge in [0.25, 0.3) is 0 Å². The fourth-order valence-electron chi connectivity index (χ4n) is 3.98. The molecule has 0 saturated heterocycles. The SMILES string of the molecule is C=C(/C=C\C(=C/C)OCC=O)[C@@H]1c2ccc(O)cc2CC[C@@H]1c1ccc(F)cc1. The highest BCUT2D eigenvalue weighted by Crippen LogP contribution is 2.47. The summed E-state index contributed by atoms with van der Waals surface area (Å²) in [5.74, 6) is 0.732. The number of aldehydes is 1. The molecular formula is C25H25FO3. The second kappa shape index (κ2) is 9.37. The lowest BCUT2D eigenvalue weighted by molar-refractivity contribution is -0.110. The monoisotopic (exact) mass is 392 g/mol. The molecule has 4 heteroatoms. The number of rotatable bonds is 7. The zero-order chi connectivity index (χ0) is 20.8. The normalized spacial score (nSPS) is 19.0. The number of phenols is 1. The quantitative estimate of drug-likeness (QED) is 0.380. The Morgan fingerprint density at radius 3 is 2.69 bits per heavy atom. The summed E-state index contributed by atoms with van der Waals surface area (Å²) in [5.41, 5.74) is 4.17. The third kappa shape index (κ3) is 4.83. The van der Waals surface area contributed by atoms with Crippen molar-refractivity contribution >= 4 is 6.29 Å². The van der Waals surface area contributed by atoms with Crippen LogP contribution in [-0.2, 0) is 16.0 Å². The zero-order valence-electron chi connectivity index (χ0n) is 16.5. The summed E-state index contributed by atoms with van der Waals surface area (Å²) < 4.78 is 18.8. The molecule has 0 unspecified atom stereocenters. The molecule has 1 N–H and O–H groups in total. The average molecular weight is 392 g/mol. The number of hydrogen-bond donors (Lipinski definition) is 1. The van der Waals surface area contributed by atoms with Crippen LogP contribution in [-0.4, -0.2) is 18.0 Å². The number of carbonyl (C=O) groups is 1. The summed E-state index contributed by atoms with van der Waals surface area (Å²) in [5, 5.41) is 9.89. The highest BCUT2D eigenvalue weighted by Gasteiger charge is 2.32. The van der Waals surface area contributed by atoms with Crippen LogP contribution in [0.2, 0.25) is 0 Å². The van der Waals surface area contributed by atoms with Gasteiger partial charge in [-0.25, -0.2) is 4.39 Å². The third-order valence-electron chi connectivity index (χ3n) is 5.35. The maximum Gasteiger partial charge on any atom is 0.157 e. The molecule has 0 bridgehead atoms. The van der Waals surface area contributed by atoms with Gasteiger partial charge < -0.3 is 9.84 Å². The summed E-state index contributed by atoms with van der Waals surface area (Å²) in [6.07, 6.45) is 7.92. The van der Waals surface area contributed by atoms with Crippen molar-refractivity contribution in [1.29, 1.82) is 0 Å². The number of phenolic OH excluding ortho intramolecular Hbond substituents is 1. The molecule has 0 aliphatic heterocycles. The minimum atomic E-state index is -0.254. The highest BCUT2D eigenvalue weighted by atomic mass is 19.1. The predicted octanol–water partition coefficient (Wildman–Crippen LogP) is 5.58. The predicted molar refractivity (Wildman–Crippen MR) is 112 cm³/mol. The molecule has 0 amide bonds. The van der Waals surface area contributed by atoms with Crippen LogP contribution in [0.4, 0.5) is 4.39 Å². The minimum absolute atomic E-state index is 0.000231. The summed E-state index contributed by atoms with van der Waals surface area (Å²) in [6.45, 7) is 6.14. The molecule has 0 aromatic heterocycles. The van der Waals surface area contributed by atoms with Gasteiger partial charge in [0.1, 0.15) is 23.9 Å². The van der Waals surface area contributed by atoms with E-state index in [-0.39, 0.29) is 30.0 Å². The van der Waals surface area contributed by atoms with Crippen LogP contribution in [0.1, 0.15) is 41.9 Å². The molecule has 1 aliphatic rings. The molecule has 3 rings (SSSR count). The summed E-state index contributed by atoms with van der Waals surface area (Å²) in [4.78, 5) is 10.6. The molecule has 2 aromatic rings. The first-order valence-corrected chi connectivity index (χ1v) is 9.70. The Bertz CT molecular complexity index is 941. The number of aryl methyl sites for hydroxylation is 1. The van der Waals surface area contributed by atoms with Crippen LogP contribution in [0.3, 0.4) is 0 Å². The Hall–Kier alpha value is -3.14. The molecule has 0 fully saturated rings. The van der Waals surface area contributed by atoms with Crippen LogP contribution < -0.4 is 0 Å². The van der Waals surface area contributed by atoms with Crippen LogP contribution in [0, 0.1) is 5.82 Å². The van der Waals surface area contributed by atoms with Crippen molar-refractivity contribution in [3.8, 4) is 5.75 Å². The molecule has 0 radical (unpaired) electrons. The van der Waals surface area contributed by atoms with Gasteiger partial charge in [0.15, 0.2) is 6.29 Å². The van der Waals surface area contributed by atoms with E-state index < -0.39 is 0 Å². The van der Waals surface area contributed by atoms with E-state index in [1.165, 1.54) is 12.1 Å². The number of hydrogen-bond acceptors (Lipinski definition) is 3. The van der Waals surface area contributed by atoms with E-state index in [4.69, 9.17) is 4.74 Å². The van der Waals surface area contributed by atoms with Gasteiger partial charge in [-0.2, -0.15) is 0 Å². The van der Waals surface area contributed by atoms with E-state index >= 15 is 0 Å². The number of fused-ring (bicyclic) bond motifs is 1. The summed E-state index contributed by atoms with van der Waals surface area (Å²) in [6, 6.07) is 12.1. The Morgan fingerprint density at radius 1 is 1.24 bits per heavy atom. The van der Waals surface area contributed by atoms with Gasteiger partial charge >= 0.3 is 0 Å². The van der Waals surface area contributed by atoms with Gasteiger partial charge in [-0.05, 0) is 84.4 Å². The maximum absolute atomic E-state index is 13.4. The Balaban J connectivity index is 1.96. The highest BCUT2D eigenvalue weighted by molar-refractivity contribution is 5.51. The lowest BCUT2D eigenvalue weighted by Gasteiger charge is -2.35. The molecule has 2 aromatic carbocycles. The molecule has 29 heavy (non-hydrogen) atoms. The van der Waals surface area contributed by atoms with E-state index in [0.29, 0.717) is 12.0 Å². The number of aromatic hydroxyl groups is 1. The molecule has 0 heterocycles. The largest absolute Gasteiger partial charge is 0.508 e. The van der Waals surface area contributed by atoms with E-state index in [1.54, 1.807) is 12.1 Å². The second-order valence-electron chi connectivity index (χ2n) is 7.13. The Labute approximate surface area is 170 Å². The fourth-order valence-corrected chi connectivity index (χ4v) is 3.98. The summed E-state index contributed by atoms with van der Waals surface area (Å²) >= 11 is 0. The van der Waals surface area contributed by atoms with Gasteiger partial charge in [-0.15, -0.1) is 0 Å². The number of ether oxygens (including phenoxy) is 1. The molecule has 1 aliphatic carbocycles. The number of benzene rings is 2. The first kappa shape index (κ1) is 20.6. The van der Waals surface area contributed by atoms with Crippen LogP contribution in [0.5, 0.6) is 5.75 Å². The molecule has 150 valence electrons. The average Bonchev–Trinajstić information content (AvgIpc) is 2.73. The van der Waals surface area contributed by atoms with Gasteiger partial charge in [0.05, 0.1) is 0 Å². The van der Waals surface area contributed by atoms with Crippen LogP contribution in [0.25, 0.3) is 0 Å². The van der Waals surface area contributed by atoms with E-state index in [0.717, 1.165) is 35.1 Å². The third-order valence-corrected chi connectivity index (χ3v) is 5.35. The smallest absolute Gasteiger partial charge is 0.157 e. The van der Waals surface area contributed by atoms with Crippen molar-refractivity contribution in [1.82, 2.24) is 0 Å². The minimum Gasteiger partial charge on any atom is -0.508 e. The molecule has 3 nitrogen and oxygen atoms in total.